The van der Waals surface area contributed by atoms with Crippen molar-refractivity contribution in [1.29, 1.82) is 0 Å². The average Bonchev–Trinajstić information content (AvgIpc) is 2.78. The van der Waals surface area contributed by atoms with Crippen LogP contribution in [0.4, 0.5) is 0 Å². The summed E-state index contributed by atoms with van der Waals surface area (Å²) >= 11 is 0. The summed E-state index contributed by atoms with van der Waals surface area (Å²) in [6.45, 7) is 7.76. The van der Waals surface area contributed by atoms with Gasteiger partial charge in [0.1, 0.15) is 5.60 Å². The van der Waals surface area contributed by atoms with Gasteiger partial charge in [0.2, 0.25) is 0 Å². The molecule has 0 aliphatic carbocycles. The first-order valence-electron chi connectivity index (χ1n) is 4.94. The first-order chi connectivity index (χ1) is 6.05. The SMILES string of the molecule is CCC1(CC)OC1C(=O)OC(C)C. The third-order valence-electron chi connectivity index (χ3n) is 2.54. The molecular formula is C10H18O3. The van der Waals surface area contributed by atoms with E-state index in [1.54, 1.807) is 0 Å². The quantitative estimate of drug-likeness (QED) is 0.497. The fourth-order valence-corrected chi connectivity index (χ4v) is 1.55. The van der Waals surface area contributed by atoms with Crippen molar-refractivity contribution in [3.05, 3.63) is 0 Å². The normalized spacial score (nSPS) is 24.5. The van der Waals surface area contributed by atoms with E-state index in [1.165, 1.54) is 0 Å². The monoisotopic (exact) mass is 186 g/mol. The maximum atomic E-state index is 11.4. The molecule has 76 valence electrons. The molecule has 1 atom stereocenters. The van der Waals surface area contributed by atoms with Crippen LogP contribution in [0.1, 0.15) is 40.5 Å². The standard InChI is InChI=1S/C10H18O3/c1-5-10(6-2)8(13-10)9(11)12-7(3)4/h7-8H,5-6H2,1-4H3. The Bertz CT molecular complexity index is 194. The van der Waals surface area contributed by atoms with Crippen LogP contribution in [0, 0.1) is 0 Å². The smallest absolute Gasteiger partial charge is 0.338 e. The summed E-state index contributed by atoms with van der Waals surface area (Å²) in [6.07, 6.45) is 1.39. The Hall–Kier alpha value is -0.570. The van der Waals surface area contributed by atoms with Crippen LogP contribution in [0.5, 0.6) is 0 Å². The van der Waals surface area contributed by atoms with Gasteiger partial charge in [0, 0.05) is 0 Å². The van der Waals surface area contributed by atoms with E-state index in [-0.39, 0.29) is 23.8 Å². The number of hydrogen-bond acceptors (Lipinski definition) is 3. The van der Waals surface area contributed by atoms with Gasteiger partial charge in [-0.15, -0.1) is 0 Å². The van der Waals surface area contributed by atoms with Crippen LogP contribution in [-0.2, 0) is 14.3 Å². The summed E-state index contributed by atoms with van der Waals surface area (Å²) in [6, 6.07) is 0. The molecule has 1 fully saturated rings. The summed E-state index contributed by atoms with van der Waals surface area (Å²) in [7, 11) is 0. The molecule has 0 N–H and O–H groups in total. The van der Waals surface area contributed by atoms with Crippen molar-refractivity contribution in [3.63, 3.8) is 0 Å². The minimum atomic E-state index is -0.315. The van der Waals surface area contributed by atoms with Crippen LogP contribution in [-0.4, -0.2) is 23.8 Å². The van der Waals surface area contributed by atoms with Crippen LogP contribution in [0.2, 0.25) is 0 Å². The minimum Gasteiger partial charge on any atom is -0.461 e. The summed E-state index contributed by atoms with van der Waals surface area (Å²) in [5.41, 5.74) is -0.216. The zero-order valence-corrected chi connectivity index (χ0v) is 8.79. The van der Waals surface area contributed by atoms with E-state index in [2.05, 4.69) is 0 Å². The Morgan fingerprint density at radius 2 is 2.00 bits per heavy atom. The Morgan fingerprint density at radius 1 is 1.46 bits per heavy atom. The fourth-order valence-electron chi connectivity index (χ4n) is 1.55. The Morgan fingerprint density at radius 3 is 2.31 bits per heavy atom. The molecule has 0 bridgehead atoms. The molecule has 0 saturated carbocycles. The maximum Gasteiger partial charge on any atom is 0.338 e. The summed E-state index contributed by atoms with van der Waals surface area (Å²) in [5, 5.41) is 0. The number of ether oxygens (including phenoxy) is 2. The molecule has 1 heterocycles. The molecule has 3 heteroatoms. The largest absolute Gasteiger partial charge is 0.461 e. The number of epoxide rings is 1. The fraction of sp³-hybridized carbons (Fsp3) is 0.900. The molecule has 1 rings (SSSR count). The number of hydrogen-bond donors (Lipinski definition) is 0. The third-order valence-corrected chi connectivity index (χ3v) is 2.54. The van der Waals surface area contributed by atoms with Crippen LogP contribution in [0.25, 0.3) is 0 Å². The van der Waals surface area contributed by atoms with Gasteiger partial charge >= 0.3 is 5.97 Å². The first kappa shape index (κ1) is 10.5. The number of esters is 1. The van der Waals surface area contributed by atoms with E-state index in [4.69, 9.17) is 9.47 Å². The van der Waals surface area contributed by atoms with Crippen molar-refractivity contribution < 1.29 is 14.3 Å². The first-order valence-corrected chi connectivity index (χ1v) is 4.94. The van der Waals surface area contributed by atoms with Crippen molar-refractivity contribution in [1.82, 2.24) is 0 Å². The summed E-state index contributed by atoms with van der Waals surface area (Å²) < 4.78 is 10.5. The van der Waals surface area contributed by atoms with Crippen molar-refractivity contribution >= 4 is 5.97 Å². The molecule has 1 unspecified atom stereocenters. The Balaban J connectivity index is 2.45. The molecule has 1 aliphatic rings. The van der Waals surface area contributed by atoms with E-state index < -0.39 is 0 Å². The average molecular weight is 186 g/mol. The van der Waals surface area contributed by atoms with E-state index in [1.807, 2.05) is 27.7 Å². The van der Waals surface area contributed by atoms with Crippen LogP contribution in [0.3, 0.4) is 0 Å². The highest BCUT2D eigenvalue weighted by atomic mass is 16.7. The molecule has 0 aromatic rings. The van der Waals surface area contributed by atoms with Crippen molar-refractivity contribution in [2.45, 2.75) is 58.3 Å². The van der Waals surface area contributed by atoms with Gasteiger partial charge in [-0.1, -0.05) is 13.8 Å². The molecule has 3 nitrogen and oxygen atoms in total. The predicted octanol–water partition coefficient (Wildman–Crippen LogP) is 1.90. The third kappa shape index (κ3) is 2.02. The number of carbonyl (C=O) groups is 1. The lowest BCUT2D eigenvalue weighted by molar-refractivity contribution is -0.148. The lowest BCUT2D eigenvalue weighted by Gasteiger charge is -2.08. The molecule has 0 amide bonds. The van der Waals surface area contributed by atoms with Gasteiger partial charge < -0.3 is 9.47 Å². The van der Waals surface area contributed by atoms with Gasteiger partial charge in [-0.2, -0.15) is 0 Å². The second-order valence-electron chi connectivity index (χ2n) is 3.76. The van der Waals surface area contributed by atoms with Gasteiger partial charge in [0.25, 0.3) is 0 Å². The molecule has 0 radical (unpaired) electrons. The zero-order chi connectivity index (χ0) is 10.1. The van der Waals surface area contributed by atoms with E-state index >= 15 is 0 Å². The highest BCUT2D eigenvalue weighted by Crippen LogP contribution is 2.43. The zero-order valence-electron chi connectivity index (χ0n) is 8.79. The summed E-state index contributed by atoms with van der Waals surface area (Å²) in [4.78, 5) is 11.4. The van der Waals surface area contributed by atoms with Gasteiger partial charge in [-0.3, -0.25) is 0 Å². The minimum absolute atomic E-state index is 0.0527. The molecule has 0 spiro atoms. The van der Waals surface area contributed by atoms with E-state index in [0.717, 1.165) is 12.8 Å². The van der Waals surface area contributed by atoms with Crippen LogP contribution >= 0.6 is 0 Å². The second-order valence-corrected chi connectivity index (χ2v) is 3.76. The van der Waals surface area contributed by atoms with Gasteiger partial charge in [0.05, 0.1) is 6.10 Å². The highest BCUT2D eigenvalue weighted by Gasteiger charge is 2.59. The van der Waals surface area contributed by atoms with Gasteiger partial charge in [0.15, 0.2) is 6.10 Å². The maximum absolute atomic E-state index is 11.4. The van der Waals surface area contributed by atoms with Crippen molar-refractivity contribution in [2.75, 3.05) is 0 Å². The topological polar surface area (TPSA) is 38.8 Å². The highest BCUT2D eigenvalue weighted by molar-refractivity contribution is 5.79. The molecule has 1 aliphatic heterocycles. The van der Waals surface area contributed by atoms with E-state index in [9.17, 15) is 4.79 Å². The Labute approximate surface area is 79.4 Å². The lowest BCUT2D eigenvalue weighted by atomic mass is 9.99. The second kappa shape index (κ2) is 3.66. The van der Waals surface area contributed by atoms with Crippen LogP contribution < -0.4 is 0 Å². The number of rotatable bonds is 4. The van der Waals surface area contributed by atoms with Crippen LogP contribution in [0.15, 0.2) is 0 Å². The number of carbonyl (C=O) groups excluding carboxylic acids is 1. The summed E-state index contributed by atoms with van der Waals surface area (Å²) in [5.74, 6) is -0.210. The van der Waals surface area contributed by atoms with Crippen molar-refractivity contribution in [3.8, 4) is 0 Å². The van der Waals surface area contributed by atoms with Gasteiger partial charge in [-0.25, -0.2) is 4.79 Å². The molecule has 13 heavy (non-hydrogen) atoms. The molecule has 0 aromatic carbocycles. The van der Waals surface area contributed by atoms with Crippen molar-refractivity contribution in [2.24, 2.45) is 0 Å². The molecule has 1 saturated heterocycles. The molecule has 0 aromatic heterocycles. The predicted molar refractivity (Wildman–Crippen MR) is 49.4 cm³/mol. The van der Waals surface area contributed by atoms with Gasteiger partial charge in [-0.05, 0) is 26.7 Å². The lowest BCUT2D eigenvalue weighted by Crippen LogP contribution is -2.23. The molecular weight excluding hydrogens is 168 g/mol. The Kier molecular flexibility index (Phi) is 2.96. The van der Waals surface area contributed by atoms with E-state index in [0.29, 0.717) is 0 Å².